The van der Waals surface area contributed by atoms with Gasteiger partial charge >= 0.3 is 0 Å². The highest BCUT2D eigenvalue weighted by molar-refractivity contribution is 7.16. The van der Waals surface area contributed by atoms with Gasteiger partial charge in [-0.05, 0) is 25.0 Å². The van der Waals surface area contributed by atoms with Crippen LogP contribution < -0.4 is 0 Å². The minimum absolute atomic E-state index is 0.291. The number of halogens is 1. The molecule has 0 aromatic carbocycles. The average molecular weight is 247 g/mol. The first kappa shape index (κ1) is 11.4. The van der Waals surface area contributed by atoms with E-state index in [-0.39, 0.29) is 6.10 Å². The summed E-state index contributed by atoms with van der Waals surface area (Å²) in [5.74, 6) is 0.291. The first-order chi connectivity index (χ1) is 7.25. The fourth-order valence-electron chi connectivity index (χ4n) is 1.90. The van der Waals surface area contributed by atoms with Crippen LogP contribution in [0.1, 0.15) is 17.7 Å². The zero-order valence-corrected chi connectivity index (χ0v) is 10.1. The topological polar surface area (TPSA) is 29.5 Å². The predicted molar refractivity (Wildman–Crippen MR) is 62.6 cm³/mol. The van der Waals surface area contributed by atoms with Crippen molar-refractivity contribution in [2.45, 2.75) is 25.4 Å². The van der Waals surface area contributed by atoms with Crippen molar-refractivity contribution in [2.75, 3.05) is 13.2 Å². The fraction of sp³-hybridized carbons (Fsp3) is 0.636. The minimum atomic E-state index is -0.292. The standard InChI is InChI=1S/C11H15ClO2S/c12-11-4-3-9(15-11)6-10(13)8-2-1-5-14-7-8/h3-4,8,10,13H,1-2,5-7H2. The van der Waals surface area contributed by atoms with Crippen molar-refractivity contribution < 1.29 is 9.84 Å². The maximum Gasteiger partial charge on any atom is 0.0931 e. The smallest absolute Gasteiger partial charge is 0.0931 e. The normalized spacial score (nSPS) is 24.0. The molecule has 0 saturated carbocycles. The van der Waals surface area contributed by atoms with Gasteiger partial charge in [0, 0.05) is 23.8 Å². The van der Waals surface area contributed by atoms with E-state index >= 15 is 0 Å². The minimum Gasteiger partial charge on any atom is -0.392 e. The zero-order valence-electron chi connectivity index (χ0n) is 8.49. The van der Waals surface area contributed by atoms with Gasteiger partial charge in [0.25, 0.3) is 0 Å². The van der Waals surface area contributed by atoms with Crippen LogP contribution >= 0.6 is 22.9 Å². The second-order valence-electron chi connectivity index (χ2n) is 3.95. The molecule has 1 aromatic rings. The molecule has 0 spiro atoms. The van der Waals surface area contributed by atoms with E-state index in [0.717, 1.165) is 28.7 Å². The quantitative estimate of drug-likeness (QED) is 0.889. The lowest BCUT2D eigenvalue weighted by Crippen LogP contribution is -2.30. The van der Waals surface area contributed by atoms with Crippen LogP contribution in [0.3, 0.4) is 0 Å². The van der Waals surface area contributed by atoms with Gasteiger partial charge in [-0.15, -0.1) is 11.3 Å². The SMILES string of the molecule is OC(Cc1ccc(Cl)s1)C1CCCOC1. The van der Waals surface area contributed by atoms with Crippen LogP contribution in [0.15, 0.2) is 12.1 Å². The third kappa shape index (κ3) is 3.18. The van der Waals surface area contributed by atoms with E-state index in [1.54, 1.807) is 11.3 Å². The van der Waals surface area contributed by atoms with Gasteiger partial charge in [-0.1, -0.05) is 11.6 Å². The van der Waals surface area contributed by atoms with Crippen molar-refractivity contribution >= 4 is 22.9 Å². The molecule has 4 heteroatoms. The lowest BCUT2D eigenvalue weighted by molar-refractivity contribution is -0.00820. The van der Waals surface area contributed by atoms with Crippen LogP contribution in [-0.2, 0) is 11.2 Å². The summed E-state index contributed by atoms with van der Waals surface area (Å²) in [6.07, 6.45) is 2.54. The molecule has 0 amide bonds. The lowest BCUT2D eigenvalue weighted by Gasteiger charge is -2.26. The predicted octanol–water partition coefficient (Wildman–Crippen LogP) is 2.73. The Hall–Kier alpha value is -0.0900. The molecule has 15 heavy (non-hydrogen) atoms. The zero-order chi connectivity index (χ0) is 10.7. The average Bonchev–Trinajstić information content (AvgIpc) is 2.65. The molecule has 1 saturated heterocycles. The van der Waals surface area contributed by atoms with Gasteiger partial charge in [-0.25, -0.2) is 0 Å². The van der Waals surface area contributed by atoms with E-state index in [9.17, 15) is 5.11 Å². The van der Waals surface area contributed by atoms with Crippen molar-refractivity contribution in [3.8, 4) is 0 Å². The molecule has 2 heterocycles. The number of hydrogen-bond donors (Lipinski definition) is 1. The van der Waals surface area contributed by atoms with Gasteiger partial charge in [0.2, 0.25) is 0 Å². The van der Waals surface area contributed by atoms with Crippen LogP contribution in [0.2, 0.25) is 4.34 Å². The molecule has 0 bridgehead atoms. The molecule has 84 valence electrons. The summed E-state index contributed by atoms with van der Waals surface area (Å²) in [6.45, 7) is 1.54. The molecule has 0 radical (unpaired) electrons. The highest BCUT2D eigenvalue weighted by Gasteiger charge is 2.22. The Bertz CT molecular complexity index is 307. The molecule has 0 aliphatic carbocycles. The van der Waals surface area contributed by atoms with Crippen LogP contribution in [0.25, 0.3) is 0 Å². The van der Waals surface area contributed by atoms with E-state index in [0.29, 0.717) is 18.9 Å². The Kier molecular flexibility index (Phi) is 4.03. The van der Waals surface area contributed by atoms with Gasteiger partial charge in [-0.2, -0.15) is 0 Å². The van der Waals surface area contributed by atoms with Gasteiger partial charge < -0.3 is 9.84 Å². The summed E-state index contributed by atoms with van der Waals surface area (Å²) in [4.78, 5) is 1.15. The molecule has 2 unspecified atom stereocenters. The molecule has 1 aliphatic heterocycles. The number of ether oxygens (including phenoxy) is 1. The monoisotopic (exact) mass is 246 g/mol. The van der Waals surface area contributed by atoms with Crippen molar-refractivity contribution in [3.63, 3.8) is 0 Å². The Morgan fingerprint density at radius 1 is 1.60 bits per heavy atom. The number of aliphatic hydroxyl groups is 1. The number of rotatable bonds is 3. The molecule has 2 nitrogen and oxygen atoms in total. The summed E-state index contributed by atoms with van der Waals surface area (Å²) in [5, 5.41) is 10.0. The van der Waals surface area contributed by atoms with Crippen molar-refractivity contribution in [2.24, 2.45) is 5.92 Å². The maximum absolute atomic E-state index is 10.0. The summed E-state index contributed by atoms with van der Waals surface area (Å²) in [5.41, 5.74) is 0. The molecule has 1 aromatic heterocycles. The largest absolute Gasteiger partial charge is 0.392 e. The second kappa shape index (κ2) is 5.30. The molecular weight excluding hydrogens is 232 g/mol. The van der Waals surface area contributed by atoms with Gasteiger partial charge in [0.15, 0.2) is 0 Å². The van der Waals surface area contributed by atoms with E-state index in [1.807, 2.05) is 12.1 Å². The highest BCUT2D eigenvalue weighted by atomic mass is 35.5. The Morgan fingerprint density at radius 2 is 2.47 bits per heavy atom. The third-order valence-corrected chi connectivity index (χ3v) is 4.03. The summed E-state index contributed by atoms with van der Waals surface area (Å²) in [6, 6.07) is 3.87. The maximum atomic E-state index is 10.0. The molecule has 1 fully saturated rings. The van der Waals surface area contributed by atoms with Crippen LogP contribution in [-0.4, -0.2) is 24.4 Å². The molecular formula is C11H15ClO2S. The molecule has 2 rings (SSSR count). The number of thiophene rings is 1. The number of aliphatic hydroxyl groups excluding tert-OH is 1. The second-order valence-corrected chi connectivity index (χ2v) is 5.75. The summed E-state index contributed by atoms with van der Waals surface area (Å²) >= 11 is 7.39. The van der Waals surface area contributed by atoms with Crippen molar-refractivity contribution in [3.05, 3.63) is 21.3 Å². The molecule has 2 atom stereocenters. The van der Waals surface area contributed by atoms with E-state index in [4.69, 9.17) is 16.3 Å². The highest BCUT2D eigenvalue weighted by Crippen LogP contribution is 2.26. The Labute approximate surface area is 98.8 Å². The van der Waals surface area contributed by atoms with Crippen molar-refractivity contribution in [1.82, 2.24) is 0 Å². The van der Waals surface area contributed by atoms with Crippen LogP contribution in [0.4, 0.5) is 0 Å². The molecule has 1 N–H and O–H groups in total. The van der Waals surface area contributed by atoms with Gasteiger partial charge in [0.1, 0.15) is 0 Å². The Balaban J connectivity index is 1.88. The third-order valence-electron chi connectivity index (χ3n) is 2.78. The van der Waals surface area contributed by atoms with E-state index in [2.05, 4.69) is 0 Å². The molecule has 1 aliphatic rings. The van der Waals surface area contributed by atoms with Crippen LogP contribution in [0.5, 0.6) is 0 Å². The van der Waals surface area contributed by atoms with Crippen molar-refractivity contribution in [1.29, 1.82) is 0 Å². The number of hydrogen-bond acceptors (Lipinski definition) is 3. The van der Waals surface area contributed by atoms with E-state index in [1.165, 1.54) is 0 Å². The first-order valence-corrected chi connectivity index (χ1v) is 6.45. The van der Waals surface area contributed by atoms with Gasteiger partial charge in [0.05, 0.1) is 17.0 Å². The van der Waals surface area contributed by atoms with Gasteiger partial charge in [-0.3, -0.25) is 0 Å². The summed E-state index contributed by atoms with van der Waals surface area (Å²) in [7, 11) is 0. The lowest BCUT2D eigenvalue weighted by atomic mass is 9.93. The van der Waals surface area contributed by atoms with E-state index < -0.39 is 0 Å². The fourth-order valence-corrected chi connectivity index (χ4v) is 3.04. The Morgan fingerprint density at radius 3 is 3.07 bits per heavy atom. The first-order valence-electron chi connectivity index (χ1n) is 5.26. The van der Waals surface area contributed by atoms with Crippen LogP contribution in [0, 0.1) is 5.92 Å². The summed E-state index contributed by atoms with van der Waals surface area (Å²) < 4.78 is 6.15.